The SMILES string of the molecule is CC1(C2=CCCC=C2)OC(=O)C(=C/C=C/C=C/C2=C(O)OC(C)(C3=CCCC=C3)OC2=O)C(=O)O1. The summed E-state index contributed by atoms with van der Waals surface area (Å²) in [5.41, 5.74) is 0.835. The molecule has 0 radical (unpaired) electrons. The molecule has 0 aromatic heterocycles. The highest BCUT2D eigenvalue weighted by Gasteiger charge is 2.44. The third-order valence-corrected chi connectivity index (χ3v) is 5.83. The lowest BCUT2D eigenvalue weighted by Crippen LogP contribution is -2.45. The molecule has 0 saturated carbocycles. The number of hydrogen-bond acceptors (Lipinski definition) is 8. The van der Waals surface area contributed by atoms with Gasteiger partial charge in [0.15, 0.2) is 0 Å². The molecule has 2 heterocycles. The summed E-state index contributed by atoms with van der Waals surface area (Å²) in [6.45, 7) is 3.08. The van der Waals surface area contributed by atoms with Crippen molar-refractivity contribution in [3.8, 4) is 0 Å². The first-order valence-corrected chi connectivity index (χ1v) is 11.3. The van der Waals surface area contributed by atoms with Crippen LogP contribution in [0.1, 0.15) is 39.5 Å². The highest BCUT2D eigenvalue weighted by Crippen LogP contribution is 2.35. The molecule has 4 rings (SSSR count). The molecule has 8 nitrogen and oxygen atoms in total. The maximum absolute atomic E-state index is 12.5. The van der Waals surface area contributed by atoms with Gasteiger partial charge in [0.25, 0.3) is 17.5 Å². The normalized spacial score (nSPS) is 29.0. The van der Waals surface area contributed by atoms with Gasteiger partial charge in [-0.05, 0) is 37.8 Å². The fourth-order valence-electron chi connectivity index (χ4n) is 3.93. The van der Waals surface area contributed by atoms with E-state index in [2.05, 4.69) is 0 Å². The van der Waals surface area contributed by atoms with E-state index in [1.165, 1.54) is 37.3 Å². The van der Waals surface area contributed by atoms with Crippen LogP contribution in [0.5, 0.6) is 0 Å². The number of hydrogen-bond donors (Lipinski definition) is 1. The van der Waals surface area contributed by atoms with Gasteiger partial charge < -0.3 is 24.1 Å². The number of cyclic esters (lactones) is 3. The van der Waals surface area contributed by atoms with E-state index in [4.69, 9.17) is 18.9 Å². The van der Waals surface area contributed by atoms with E-state index in [0.717, 1.165) is 25.7 Å². The van der Waals surface area contributed by atoms with Crippen LogP contribution < -0.4 is 0 Å². The molecule has 2 aliphatic heterocycles. The summed E-state index contributed by atoms with van der Waals surface area (Å²) in [5, 5.41) is 10.3. The summed E-state index contributed by atoms with van der Waals surface area (Å²) in [4.78, 5) is 37.3. The lowest BCUT2D eigenvalue weighted by molar-refractivity contribution is -0.215. The van der Waals surface area contributed by atoms with Crippen molar-refractivity contribution in [3.63, 3.8) is 0 Å². The summed E-state index contributed by atoms with van der Waals surface area (Å²) in [5.74, 6) is -5.77. The van der Waals surface area contributed by atoms with Gasteiger partial charge >= 0.3 is 17.9 Å². The van der Waals surface area contributed by atoms with Crippen LogP contribution in [0.25, 0.3) is 0 Å². The maximum Gasteiger partial charge on any atom is 0.349 e. The average Bonchev–Trinajstić information content (AvgIpc) is 2.83. The average molecular weight is 478 g/mol. The number of carbonyl (C=O) groups excluding carboxylic acids is 3. The van der Waals surface area contributed by atoms with Gasteiger partial charge in [-0.1, -0.05) is 54.7 Å². The highest BCUT2D eigenvalue weighted by molar-refractivity contribution is 6.15. The number of aliphatic hydroxyl groups is 1. The number of rotatable bonds is 5. The summed E-state index contributed by atoms with van der Waals surface area (Å²) in [7, 11) is 0. The molecular weight excluding hydrogens is 452 g/mol. The fraction of sp³-hybridized carbons (Fsp3) is 0.296. The second-order valence-electron chi connectivity index (χ2n) is 8.48. The quantitative estimate of drug-likeness (QED) is 0.267. The first-order chi connectivity index (χ1) is 16.7. The van der Waals surface area contributed by atoms with Crippen LogP contribution in [0.3, 0.4) is 0 Å². The van der Waals surface area contributed by atoms with Gasteiger partial charge in [0.1, 0.15) is 11.1 Å². The Bertz CT molecular complexity index is 1170. The minimum Gasteiger partial charge on any atom is -0.480 e. The van der Waals surface area contributed by atoms with Crippen molar-refractivity contribution in [3.05, 3.63) is 95.1 Å². The Balaban J connectivity index is 1.41. The Kier molecular flexibility index (Phi) is 6.64. The number of carbonyl (C=O) groups is 3. The predicted molar refractivity (Wildman–Crippen MR) is 125 cm³/mol. The van der Waals surface area contributed by atoms with Crippen LogP contribution >= 0.6 is 0 Å². The largest absolute Gasteiger partial charge is 0.480 e. The van der Waals surface area contributed by atoms with Gasteiger partial charge in [0.05, 0.1) is 0 Å². The Morgan fingerprint density at radius 2 is 1.29 bits per heavy atom. The molecule has 0 spiro atoms. The van der Waals surface area contributed by atoms with E-state index < -0.39 is 35.4 Å². The molecular formula is C27H26O8. The summed E-state index contributed by atoms with van der Waals surface area (Å²) in [6, 6.07) is 0. The third-order valence-electron chi connectivity index (χ3n) is 5.83. The zero-order chi connectivity index (χ0) is 25.1. The molecule has 35 heavy (non-hydrogen) atoms. The van der Waals surface area contributed by atoms with E-state index >= 15 is 0 Å². The van der Waals surface area contributed by atoms with E-state index in [-0.39, 0.29) is 11.1 Å². The molecule has 4 aliphatic rings. The van der Waals surface area contributed by atoms with Gasteiger partial charge in [-0.25, -0.2) is 14.4 Å². The number of allylic oxidation sites excluding steroid dienone is 8. The van der Waals surface area contributed by atoms with Gasteiger partial charge in [0.2, 0.25) is 0 Å². The number of aliphatic hydroxyl groups excluding tert-OH is 1. The zero-order valence-corrected chi connectivity index (χ0v) is 19.5. The summed E-state index contributed by atoms with van der Waals surface area (Å²) < 4.78 is 21.7. The van der Waals surface area contributed by atoms with E-state index in [1.54, 1.807) is 19.1 Å². The van der Waals surface area contributed by atoms with Crippen molar-refractivity contribution < 1.29 is 38.4 Å². The fourth-order valence-corrected chi connectivity index (χ4v) is 3.93. The minimum absolute atomic E-state index is 0.166. The monoisotopic (exact) mass is 478 g/mol. The topological polar surface area (TPSA) is 108 Å². The van der Waals surface area contributed by atoms with Gasteiger partial charge in [0, 0.05) is 25.0 Å². The van der Waals surface area contributed by atoms with Crippen molar-refractivity contribution in [2.75, 3.05) is 0 Å². The standard InChI is InChI=1S/C27H26O8/c1-26(18-12-6-3-7-13-18)32-22(28)20(23(29)33-26)16-10-5-11-17-21-24(30)34-27(2,35-25(21)31)19-14-8-4-9-15-19/h5-6,8,10-17,28H,3-4,7,9H2,1-2H3/b11-5+,16-10+,21-17?. The van der Waals surface area contributed by atoms with Gasteiger partial charge in [-0.2, -0.15) is 0 Å². The number of esters is 3. The van der Waals surface area contributed by atoms with Crippen LogP contribution in [-0.2, 0) is 33.3 Å². The van der Waals surface area contributed by atoms with Crippen LogP contribution in [0.2, 0.25) is 0 Å². The predicted octanol–water partition coefficient (Wildman–Crippen LogP) is 4.45. The first-order valence-electron chi connectivity index (χ1n) is 11.3. The molecule has 0 amide bonds. The minimum atomic E-state index is -1.46. The maximum atomic E-state index is 12.5. The smallest absolute Gasteiger partial charge is 0.349 e. The van der Waals surface area contributed by atoms with Gasteiger partial charge in [-0.15, -0.1) is 0 Å². The molecule has 0 bridgehead atoms. The van der Waals surface area contributed by atoms with Crippen LogP contribution in [-0.4, -0.2) is 34.6 Å². The Morgan fingerprint density at radius 3 is 1.80 bits per heavy atom. The first kappa shape index (κ1) is 24.1. The summed E-state index contributed by atoms with van der Waals surface area (Å²) in [6.07, 6.45) is 21.4. The van der Waals surface area contributed by atoms with Gasteiger partial charge in [-0.3, -0.25) is 0 Å². The van der Waals surface area contributed by atoms with E-state index in [1.807, 2.05) is 24.3 Å². The van der Waals surface area contributed by atoms with Crippen molar-refractivity contribution in [1.82, 2.24) is 0 Å². The molecule has 2 aliphatic carbocycles. The Labute approximate surface area is 202 Å². The van der Waals surface area contributed by atoms with E-state index in [0.29, 0.717) is 11.1 Å². The molecule has 1 saturated heterocycles. The summed E-state index contributed by atoms with van der Waals surface area (Å²) >= 11 is 0. The molecule has 1 atom stereocenters. The van der Waals surface area contributed by atoms with Crippen molar-refractivity contribution in [1.29, 1.82) is 0 Å². The lowest BCUT2D eigenvalue weighted by Gasteiger charge is -2.34. The third kappa shape index (κ3) is 5.06. The molecule has 1 fully saturated rings. The van der Waals surface area contributed by atoms with Crippen LogP contribution in [0.15, 0.2) is 95.1 Å². The Morgan fingerprint density at radius 1 is 0.743 bits per heavy atom. The highest BCUT2D eigenvalue weighted by atomic mass is 16.8. The lowest BCUT2D eigenvalue weighted by atomic mass is 9.99. The molecule has 8 heteroatoms. The Hall–Kier alpha value is -4.07. The van der Waals surface area contributed by atoms with E-state index in [9.17, 15) is 19.5 Å². The van der Waals surface area contributed by atoms with Crippen molar-refractivity contribution in [2.45, 2.75) is 51.1 Å². The second-order valence-corrected chi connectivity index (χ2v) is 8.48. The number of ether oxygens (including phenoxy) is 4. The second kappa shape index (κ2) is 9.66. The van der Waals surface area contributed by atoms with Crippen LogP contribution in [0, 0.1) is 0 Å². The van der Waals surface area contributed by atoms with Crippen molar-refractivity contribution in [2.24, 2.45) is 0 Å². The molecule has 182 valence electrons. The molecule has 1 N–H and O–H groups in total. The molecule has 1 unspecified atom stereocenters. The molecule has 0 aromatic rings. The zero-order valence-electron chi connectivity index (χ0n) is 19.5. The molecule has 0 aromatic carbocycles. The van der Waals surface area contributed by atoms with Crippen LogP contribution in [0.4, 0.5) is 0 Å². The van der Waals surface area contributed by atoms with Crippen molar-refractivity contribution >= 4 is 17.9 Å².